The summed E-state index contributed by atoms with van der Waals surface area (Å²) in [5.74, 6) is -0.531. The summed E-state index contributed by atoms with van der Waals surface area (Å²) < 4.78 is 38.8. The average Bonchev–Trinajstić information content (AvgIpc) is 2.46. The van der Waals surface area contributed by atoms with Gasteiger partial charge in [-0.15, -0.1) is 0 Å². The molecule has 1 heterocycles. The fourth-order valence-electron chi connectivity index (χ4n) is 2.67. The molecular formula is C14H21F3N4. The van der Waals surface area contributed by atoms with Gasteiger partial charge in [-0.2, -0.15) is 13.2 Å². The lowest BCUT2D eigenvalue weighted by molar-refractivity contribution is -0.144. The SMILES string of the molecule is CCNc1cc(N(C)C2CCCCC2)nc(C(F)(F)F)n1. The number of halogens is 3. The van der Waals surface area contributed by atoms with E-state index in [2.05, 4.69) is 15.3 Å². The van der Waals surface area contributed by atoms with E-state index in [-0.39, 0.29) is 11.9 Å². The van der Waals surface area contributed by atoms with Crippen molar-refractivity contribution in [2.24, 2.45) is 0 Å². The number of nitrogens with one attached hydrogen (secondary N) is 1. The zero-order chi connectivity index (χ0) is 15.5. The number of nitrogens with zero attached hydrogens (tertiary/aromatic N) is 3. The zero-order valence-electron chi connectivity index (χ0n) is 12.4. The van der Waals surface area contributed by atoms with Crippen molar-refractivity contribution < 1.29 is 13.2 Å². The second-order valence-corrected chi connectivity index (χ2v) is 5.37. The average molecular weight is 302 g/mol. The maximum absolute atomic E-state index is 12.9. The highest BCUT2D eigenvalue weighted by atomic mass is 19.4. The molecule has 1 aromatic rings. The van der Waals surface area contributed by atoms with E-state index < -0.39 is 12.0 Å². The molecule has 0 bridgehead atoms. The van der Waals surface area contributed by atoms with Crippen molar-refractivity contribution in [2.45, 2.75) is 51.2 Å². The van der Waals surface area contributed by atoms with Crippen LogP contribution in [0.2, 0.25) is 0 Å². The smallest absolute Gasteiger partial charge is 0.370 e. The highest BCUT2D eigenvalue weighted by molar-refractivity contribution is 5.50. The topological polar surface area (TPSA) is 41.0 Å². The third kappa shape index (κ3) is 3.98. The van der Waals surface area contributed by atoms with Crippen LogP contribution < -0.4 is 10.2 Å². The molecule has 0 saturated heterocycles. The van der Waals surface area contributed by atoms with Gasteiger partial charge in [0.25, 0.3) is 0 Å². The lowest BCUT2D eigenvalue weighted by atomic mass is 9.94. The van der Waals surface area contributed by atoms with Gasteiger partial charge in [-0.25, -0.2) is 9.97 Å². The van der Waals surface area contributed by atoms with E-state index in [0.29, 0.717) is 12.4 Å². The second-order valence-electron chi connectivity index (χ2n) is 5.37. The number of aromatic nitrogens is 2. The lowest BCUT2D eigenvalue weighted by Crippen LogP contribution is -2.34. The monoisotopic (exact) mass is 302 g/mol. The third-order valence-electron chi connectivity index (χ3n) is 3.81. The van der Waals surface area contributed by atoms with Crippen molar-refractivity contribution in [1.29, 1.82) is 0 Å². The van der Waals surface area contributed by atoms with Crippen LogP contribution in [0.25, 0.3) is 0 Å². The number of rotatable bonds is 4. The molecule has 21 heavy (non-hydrogen) atoms. The van der Waals surface area contributed by atoms with Gasteiger partial charge in [0.1, 0.15) is 11.6 Å². The van der Waals surface area contributed by atoms with Gasteiger partial charge < -0.3 is 10.2 Å². The summed E-state index contributed by atoms with van der Waals surface area (Å²) in [6, 6.07) is 1.84. The summed E-state index contributed by atoms with van der Waals surface area (Å²) in [6.07, 6.45) is 0.896. The van der Waals surface area contributed by atoms with Gasteiger partial charge in [-0.3, -0.25) is 0 Å². The summed E-state index contributed by atoms with van der Waals surface area (Å²) in [6.45, 7) is 2.33. The van der Waals surface area contributed by atoms with Crippen LogP contribution in [0.3, 0.4) is 0 Å². The van der Waals surface area contributed by atoms with Crippen molar-refractivity contribution >= 4 is 11.6 Å². The summed E-state index contributed by atoms with van der Waals surface area (Å²) in [5.41, 5.74) is 0. The molecule has 0 atom stereocenters. The lowest BCUT2D eigenvalue weighted by Gasteiger charge is -2.32. The fraction of sp³-hybridized carbons (Fsp3) is 0.714. The zero-order valence-corrected chi connectivity index (χ0v) is 12.4. The largest absolute Gasteiger partial charge is 0.451 e. The Hall–Kier alpha value is -1.53. The maximum atomic E-state index is 12.9. The van der Waals surface area contributed by atoms with Crippen LogP contribution in [0, 0.1) is 0 Å². The molecule has 1 aliphatic rings. The molecule has 0 amide bonds. The minimum Gasteiger partial charge on any atom is -0.370 e. The Labute approximate surface area is 122 Å². The third-order valence-corrected chi connectivity index (χ3v) is 3.81. The molecule has 1 aliphatic carbocycles. The van der Waals surface area contributed by atoms with Crippen LogP contribution in [0.15, 0.2) is 6.07 Å². The Kier molecular flexibility index (Phi) is 4.90. The molecule has 0 spiro atoms. The molecule has 7 heteroatoms. The summed E-state index contributed by atoms with van der Waals surface area (Å²) in [7, 11) is 1.81. The fourth-order valence-corrected chi connectivity index (χ4v) is 2.67. The molecule has 118 valence electrons. The van der Waals surface area contributed by atoms with Crippen molar-refractivity contribution in [3.05, 3.63) is 11.9 Å². The standard InChI is InChI=1S/C14H21F3N4/c1-3-18-11-9-12(20-13(19-11)14(15,16)17)21(2)10-7-5-4-6-8-10/h9-10H,3-8H2,1-2H3,(H,18,19,20). The van der Waals surface area contributed by atoms with E-state index in [1.807, 2.05) is 18.9 Å². The molecule has 0 aromatic carbocycles. The highest BCUT2D eigenvalue weighted by Gasteiger charge is 2.36. The first-order valence-corrected chi connectivity index (χ1v) is 7.34. The predicted molar refractivity (Wildman–Crippen MR) is 76.5 cm³/mol. The number of alkyl halides is 3. The first-order valence-electron chi connectivity index (χ1n) is 7.34. The molecular weight excluding hydrogens is 281 g/mol. The molecule has 1 fully saturated rings. The first-order chi connectivity index (χ1) is 9.91. The quantitative estimate of drug-likeness (QED) is 0.921. The minimum absolute atomic E-state index is 0.220. The van der Waals surface area contributed by atoms with E-state index in [1.165, 1.54) is 6.42 Å². The molecule has 0 radical (unpaired) electrons. The van der Waals surface area contributed by atoms with Crippen LogP contribution in [0.5, 0.6) is 0 Å². The van der Waals surface area contributed by atoms with Gasteiger partial charge >= 0.3 is 6.18 Å². The van der Waals surface area contributed by atoms with Crippen LogP contribution in [0.1, 0.15) is 44.9 Å². The molecule has 4 nitrogen and oxygen atoms in total. The Morgan fingerprint density at radius 3 is 2.48 bits per heavy atom. The van der Waals surface area contributed by atoms with Crippen molar-refractivity contribution in [2.75, 3.05) is 23.8 Å². The summed E-state index contributed by atoms with van der Waals surface area (Å²) in [4.78, 5) is 9.12. The highest BCUT2D eigenvalue weighted by Crippen LogP contribution is 2.31. The van der Waals surface area contributed by atoms with E-state index in [4.69, 9.17) is 0 Å². The number of hydrogen-bond donors (Lipinski definition) is 1. The van der Waals surface area contributed by atoms with Crippen molar-refractivity contribution in [1.82, 2.24) is 9.97 Å². The predicted octanol–water partition coefficient (Wildman–Crippen LogP) is 3.70. The maximum Gasteiger partial charge on any atom is 0.451 e. The van der Waals surface area contributed by atoms with E-state index >= 15 is 0 Å². The molecule has 1 saturated carbocycles. The van der Waals surface area contributed by atoms with E-state index in [0.717, 1.165) is 25.7 Å². The Balaban J connectivity index is 2.30. The van der Waals surface area contributed by atoms with Crippen molar-refractivity contribution in [3.8, 4) is 0 Å². The van der Waals surface area contributed by atoms with E-state index in [9.17, 15) is 13.2 Å². The molecule has 1 aromatic heterocycles. The van der Waals surface area contributed by atoms with Gasteiger partial charge in [-0.05, 0) is 19.8 Å². The van der Waals surface area contributed by atoms with E-state index in [1.54, 1.807) is 6.07 Å². The molecule has 2 rings (SSSR count). The number of anilines is 2. The van der Waals surface area contributed by atoms with Crippen LogP contribution >= 0.6 is 0 Å². The summed E-state index contributed by atoms with van der Waals surface area (Å²) >= 11 is 0. The van der Waals surface area contributed by atoms with Gasteiger partial charge in [-0.1, -0.05) is 19.3 Å². The molecule has 0 unspecified atom stereocenters. The van der Waals surface area contributed by atoms with Gasteiger partial charge in [0.05, 0.1) is 0 Å². The van der Waals surface area contributed by atoms with Crippen LogP contribution in [0.4, 0.5) is 24.8 Å². The Morgan fingerprint density at radius 1 is 1.24 bits per heavy atom. The normalized spacial score (nSPS) is 16.8. The second kappa shape index (κ2) is 6.49. The first kappa shape index (κ1) is 15.9. The van der Waals surface area contributed by atoms with Crippen LogP contribution in [-0.4, -0.2) is 29.6 Å². The molecule has 1 N–H and O–H groups in total. The summed E-state index contributed by atoms with van der Waals surface area (Å²) in [5, 5.41) is 2.84. The van der Waals surface area contributed by atoms with Gasteiger partial charge in [0.15, 0.2) is 0 Å². The van der Waals surface area contributed by atoms with Gasteiger partial charge in [0.2, 0.25) is 5.82 Å². The molecule has 0 aliphatic heterocycles. The Morgan fingerprint density at radius 2 is 1.90 bits per heavy atom. The minimum atomic E-state index is -4.53. The number of hydrogen-bond acceptors (Lipinski definition) is 4. The van der Waals surface area contributed by atoms with Crippen molar-refractivity contribution in [3.63, 3.8) is 0 Å². The Bertz CT molecular complexity index is 470. The van der Waals surface area contributed by atoms with Crippen LogP contribution in [-0.2, 0) is 6.18 Å². The van der Waals surface area contributed by atoms with Gasteiger partial charge in [0, 0.05) is 25.7 Å².